The normalized spacial score (nSPS) is 11.7. The van der Waals surface area contributed by atoms with E-state index in [0.29, 0.717) is 22.7 Å². The number of alkyl halides is 4. The summed E-state index contributed by atoms with van der Waals surface area (Å²) in [5.74, 6) is -2.64. The molecule has 1 radical (unpaired) electrons. The molecule has 60 heavy (non-hydrogen) atoms. The van der Waals surface area contributed by atoms with E-state index >= 15 is 0 Å². The summed E-state index contributed by atoms with van der Waals surface area (Å²) in [6.07, 6.45) is 0.269. The van der Waals surface area contributed by atoms with Crippen LogP contribution in [-0.4, -0.2) is 65.8 Å². The minimum absolute atomic E-state index is 0.146. The number of amides is 3. The lowest BCUT2D eigenvalue weighted by atomic mass is 9.66. The molecular formula is C44H45BCl4N5O6. The lowest BCUT2D eigenvalue weighted by molar-refractivity contribution is -0.119. The van der Waals surface area contributed by atoms with Crippen LogP contribution >= 0.6 is 46.4 Å². The van der Waals surface area contributed by atoms with Gasteiger partial charge < -0.3 is 31.4 Å². The standard InChI is InChI=1S/C44H45BCl4N5O6/c1-21-29(13-45-35(55)14-46)23(3)41(24(4)30(21)18-50-36(56)15-47)53-33-11-12-34(40-39(33)43(59)27-9-7-8-10-28(27)44(40)60)54-42-25(5)31(19-51-37(57)16-48)22(2)32(26(42)6)20-52-38(58)17-49/h7-12,53-54H,13-20H2,1-6H3,(H,50,56)(H,51,57)(H,52,58). The van der Waals surface area contributed by atoms with Crippen molar-refractivity contribution in [1.29, 1.82) is 0 Å². The Morgan fingerprint density at radius 3 is 1.20 bits per heavy atom. The van der Waals surface area contributed by atoms with Crippen molar-refractivity contribution in [3.8, 4) is 0 Å². The number of carbonyl (C=O) groups is 6. The molecule has 0 fully saturated rings. The lowest BCUT2D eigenvalue weighted by Gasteiger charge is -2.28. The molecule has 0 saturated heterocycles. The van der Waals surface area contributed by atoms with Crippen molar-refractivity contribution in [3.05, 3.63) is 114 Å². The minimum atomic E-state index is -0.366. The molecule has 313 valence electrons. The Labute approximate surface area is 370 Å². The second kappa shape index (κ2) is 20.1. The molecule has 3 amide bonds. The molecule has 0 heterocycles. The smallest absolute Gasteiger partial charge is 0.235 e. The molecule has 16 heteroatoms. The van der Waals surface area contributed by atoms with E-state index in [9.17, 15) is 28.8 Å². The Bertz CT molecular complexity index is 2180. The van der Waals surface area contributed by atoms with E-state index in [2.05, 4.69) is 26.6 Å². The molecule has 0 atom stereocenters. The third-order valence-corrected chi connectivity index (χ3v) is 12.1. The number of benzene rings is 4. The molecule has 4 aromatic rings. The Kier molecular flexibility index (Phi) is 15.5. The van der Waals surface area contributed by atoms with Gasteiger partial charge in [-0.05, 0) is 116 Å². The van der Waals surface area contributed by atoms with Gasteiger partial charge in [0.2, 0.25) is 25.0 Å². The molecule has 0 unspecified atom stereocenters. The van der Waals surface area contributed by atoms with Gasteiger partial charge in [0.1, 0.15) is 17.6 Å². The highest BCUT2D eigenvalue weighted by molar-refractivity contribution is 6.76. The van der Waals surface area contributed by atoms with Crippen LogP contribution < -0.4 is 26.6 Å². The molecule has 1 aliphatic carbocycles. The van der Waals surface area contributed by atoms with Crippen molar-refractivity contribution in [1.82, 2.24) is 16.0 Å². The summed E-state index contributed by atoms with van der Waals surface area (Å²) in [4.78, 5) is 78.5. The van der Waals surface area contributed by atoms with Gasteiger partial charge in [-0.25, -0.2) is 0 Å². The van der Waals surface area contributed by atoms with Crippen LogP contribution in [0.1, 0.15) is 87.5 Å². The summed E-state index contributed by atoms with van der Waals surface area (Å²) in [7, 11) is 1.52. The highest BCUT2D eigenvalue weighted by atomic mass is 35.5. The SMILES string of the molecule is Cc1c(C[B]C(=O)CCl)c(C)c(Nc2ccc(Nc3c(C)c(CNC(=O)CCl)c(C)c(CNC(=O)CCl)c3C)c3c2C(=O)c2ccccc2C3=O)c(C)c1CNC(=O)CCl. The van der Waals surface area contributed by atoms with Gasteiger partial charge in [-0.2, -0.15) is 0 Å². The quantitative estimate of drug-likeness (QED) is 0.0479. The molecule has 11 nitrogen and oxygen atoms in total. The molecule has 5 rings (SSSR count). The van der Waals surface area contributed by atoms with Crippen molar-refractivity contribution in [2.24, 2.45) is 0 Å². The summed E-state index contributed by atoms with van der Waals surface area (Å²) < 4.78 is 0. The molecule has 5 N–H and O–H groups in total. The maximum Gasteiger partial charge on any atom is 0.235 e. The predicted octanol–water partition coefficient (Wildman–Crippen LogP) is 7.33. The van der Waals surface area contributed by atoms with E-state index in [1.165, 1.54) is 7.28 Å². The van der Waals surface area contributed by atoms with Gasteiger partial charge in [-0.15, -0.1) is 46.4 Å². The molecular weight excluding hydrogens is 847 g/mol. The minimum Gasteiger partial charge on any atom is -0.354 e. The third-order valence-electron chi connectivity index (χ3n) is 11.1. The van der Waals surface area contributed by atoms with Crippen LogP contribution in [0.2, 0.25) is 0 Å². The van der Waals surface area contributed by atoms with Gasteiger partial charge in [-0.3, -0.25) is 24.0 Å². The molecule has 0 spiro atoms. The fraction of sp³-hybridized carbons (Fsp3) is 0.318. The number of hydrogen-bond donors (Lipinski definition) is 5. The van der Waals surface area contributed by atoms with Gasteiger partial charge in [0.25, 0.3) is 0 Å². The van der Waals surface area contributed by atoms with Crippen LogP contribution in [-0.2, 0) is 45.1 Å². The highest BCUT2D eigenvalue weighted by Crippen LogP contribution is 2.42. The first-order valence-corrected chi connectivity index (χ1v) is 21.3. The summed E-state index contributed by atoms with van der Waals surface area (Å²) in [6.45, 7) is 11.9. The first-order valence-electron chi connectivity index (χ1n) is 19.1. The molecule has 0 aliphatic heterocycles. The van der Waals surface area contributed by atoms with Crippen LogP contribution in [0.5, 0.6) is 0 Å². The fourth-order valence-electron chi connectivity index (χ4n) is 7.81. The Morgan fingerprint density at radius 2 is 0.850 bits per heavy atom. The van der Waals surface area contributed by atoms with Crippen molar-refractivity contribution in [3.63, 3.8) is 0 Å². The predicted molar refractivity (Wildman–Crippen MR) is 241 cm³/mol. The Hall–Kier alpha value is -4.88. The second-order valence-corrected chi connectivity index (χ2v) is 15.6. The zero-order valence-electron chi connectivity index (χ0n) is 34.2. The largest absolute Gasteiger partial charge is 0.354 e. The maximum atomic E-state index is 14.7. The van der Waals surface area contributed by atoms with Crippen molar-refractivity contribution < 1.29 is 28.8 Å². The van der Waals surface area contributed by atoms with E-state index in [1.54, 1.807) is 36.4 Å². The molecule has 4 aromatic carbocycles. The summed E-state index contributed by atoms with van der Waals surface area (Å²) >= 11 is 23.2. The van der Waals surface area contributed by atoms with E-state index in [-0.39, 0.29) is 107 Å². The first kappa shape index (κ1) is 46.2. The van der Waals surface area contributed by atoms with Gasteiger partial charge in [0.15, 0.2) is 11.6 Å². The summed E-state index contributed by atoms with van der Waals surface area (Å²) in [5.41, 5.74) is 10.6. The van der Waals surface area contributed by atoms with Gasteiger partial charge in [0, 0.05) is 42.1 Å². The van der Waals surface area contributed by atoms with Crippen LogP contribution in [0.15, 0.2) is 36.4 Å². The number of ketones is 2. The highest BCUT2D eigenvalue weighted by Gasteiger charge is 2.35. The Morgan fingerprint density at radius 1 is 0.500 bits per heavy atom. The molecule has 1 aliphatic rings. The molecule has 0 saturated carbocycles. The summed E-state index contributed by atoms with van der Waals surface area (Å²) in [6, 6.07) is 10.1. The van der Waals surface area contributed by atoms with Gasteiger partial charge in [-0.1, -0.05) is 24.3 Å². The third kappa shape index (κ3) is 9.52. The average molecular weight is 892 g/mol. The van der Waals surface area contributed by atoms with Crippen molar-refractivity contribution in [2.75, 3.05) is 34.2 Å². The van der Waals surface area contributed by atoms with Crippen molar-refractivity contribution >= 4 is 111 Å². The fourth-order valence-corrected chi connectivity index (χ4v) is 8.20. The van der Waals surface area contributed by atoms with E-state index in [0.717, 1.165) is 55.6 Å². The number of anilines is 4. The van der Waals surface area contributed by atoms with Crippen LogP contribution in [0.3, 0.4) is 0 Å². The zero-order valence-corrected chi connectivity index (χ0v) is 37.2. The summed E-state index contributed by atoms with van der Waals surface area (Å²) in [5, 5.41) is 15.5. The van der Waals surface area contributed by atoms with Crippen LogP contribution in [0, 0.1) is 41.5 Å². The molecule has 0 aromatic heterocycles. The second-order valence-electron chi connectivity index (χ2n) is 14.5. The molecule has 0 bridgehead atoms. The van der Waals surface area contributed by atoms with E-state index < -0.39 is 0 Å². The number of fused-ring (bicyclic) bond motifs is 2. The van der Waals surface area contributed by atoms with Crippen LogP contribution in [0.25, 0.3) is 0 Å². The topological polar surface area (TPSA) is 163 Å². The number of nitrogens with one attached hydrogen (secondary N) is 5. The van der Waals surface area contributed by atoms with Crippen LogP contribution in [0.4, 0.5) is 22.7 Å². The van der Waals surface area contributed by atoms with Gasteiger partial charge >= 0.3 is 0 Å². The number of hydrogen-bond acceptors (Lipinski definition) is 8. The monoisotopic (exact) mass is 890 g/mol. The van der Waals surface area contributed by atoms with Gasteiger partial charge in [0.05, 0.1) is 34.1 Å². The van der Waals surface area contributed by atoms with Crippen molar-refractivity contribution in [2.45, 2.75) is 67.5 Å². The maximum absolute atomic E-state index is 14.7. The first-order chi connectivity index (χ1) is 28.6. The lowest BCUT2D eigenvalue weighted by Crippen LogP contribution is -2.27. The van der Waals surface area contributed by atoms with E-state index in [1.807, 2.05) is 41.5 Å². The number of halogens is 4. The average Bonchev–Trinajstić information content (AvgIpc) is 3.24. The Balaban J connectivity index is 1.72. The zero-order chi connectivity index (χ0) is 44.0. The number of carbonyl (C=O) groups excluding carboxylic acids is 6. The van der Waals surface area contributed by atoms with E-state index in [4.69, 9.17) is 46.4 Å². The number of rotatable bonds is 17.